The quantitative estimate of drug-likeness (QED) is 0.752. The van der Waals surface area contributed by atoms with Crippen molar-refractivity contribution < 1.29 is 9.53 Å². The van der Waals surface area contributed by atoms with Crippen molar-refractivity contribution in [1.29, 1.82) is 0 Å². The molecule has 14 heavy (non-hydrogen) atoms. The van der Waals surface area contributed by atoms with Crippen LogP contribution in [0.25, 0.3) is 0 Å². The van der Waals surface area contributed by atoms with Gasteiger partial charge in [-0.05, 0) is 13.0 Å². The lowest BCUT2D eigenvalue weighted by atomic mass is 10.3. The molecule has 74 valence electrons. The first-order chi connectivity index (χ1) is 6.70. The normalized spacial score (nSPS) is 19.6. The van der Waals surface area contributed by atoms with Gasteiger partial charge in [-0.3, -0.25) is 9.36 Å². The standard InChI is InChI=1S/C9H11N3O2/c1-6-8(9(10)13)11-5-12(6)7-3-2-4-14-7/h2,4-5,7H,3H2,1H3,(H2,10,13)/t7-/m1/s1. The van der Waals surface area contributed by atoms with Gasteiger partial charge in [-0.15, -0.1) is 0 Å². The summed E-state index contributed by atoms with van der Waals surface area (Å²) >= 11 is 0. The first kappa shape index (κ1) is 8.80. The van der Waals surface area contributed by atoms with Crippen LogP contribution < -0.4 is 5.73 Å². The number of rotatable bonds is 2. The number of carbonyl (C=O) groups is 1. The van der Waals surface area contributed by atoms with Gasteiger partial charge in [-0.1, -0.05) is 0 Å². The van der Waals surface area contributed by atoms with Gasteiger partial charge in [0.2, 0.25) is 0 Å². The molecule has 0 spiro atoms. The number of aromatic nitrogens is 2. The van der Waals surface area contributed by atoms with Crippen LogP contribution >= 0.6 is 0 Å². The van der Waals surface area contributed by atoms with Crippen LogP contribution in [0, 0.1) is 6.92 Å². The summed E-state index contributed by atoms with van der Waals surface area (Å²) in [6.45, 7) is 1.80. The minimum absolute atomic E-state index is 0.0874. The van der Waals surface area contributed by atoms with Crippen molar-refractivity contribution in [2.75, 3.05) is 0 Å². The number of nitrogens with two attached hydrogens (primary N) is 1. The molecule has 5 nitrogen and oxygen atoms in total. The first-order valence-corrected chi connectivity index (χ1v) is 4.34. The third-order valence-electron chi connectivity index (χ3n) is 2.25. The van der Waals surface area contributed by atoms with E-state index < -0.39 is 5.91 Å². The van der Waals surface area contributed by atoms with Crippen molar-refractivity contribution in [3.63, 3.8) is 0 Å². The van der Waals surface area contributed by atoms with Crippen LogP contribution in [0.5, 0.6) is 0 Å². The average molecular weight is 193 g/mol. The fraction of sp³-hybridized carbons (Fsp3) is 0.333. The number of nitrogens with zero attached hydrogens (tertiary/aromatic N) is 2. The van der Waals surface area contributed by atoms with Crippen molar-refractivity contribution in [3.05, 3.63) is 30.1 Å². The number of carbonyl (C=O) groups excluding carboxylic acids is 1. The summed E-state index contributed by atoms with van der Waals surface area (Å²) in [5.74, 6) is -0.507. The Hall–Kier alpha value is -1.78. The molecule has 2 N–H and O–H groups in total. The highest BCUT2D eigenvalue weighted by Crippen LogP contribution is 2.22. The molecule has 1 aliphatic heterocycles. The third kappa shape index (κ3) is 1.26. The van der Waals surface area contributed by atoms with Crippen LogP contribution in [0.1, 0.15) is 28.8 Å². The summed E-state index contributed by atoms with van der Waals surface area (Å²) in [5.41, 5.74) is 6.20. The van der Waals surface area contributed by atoms with Gasteiger partial charge in [0.05, 0.1) is 18.3 Å². The van der Waals surface area contributed by atoms with Gasteiger partial charge in [0.1, 0.15) is 5.69 Å². The maximum Gasteiger partial charge on any atom is 0.269 e. The maximum absolute atomic E-state index is 10.9. The molecule has 0 aliphatic carbocycles. The Morgan fingerprint density at radius 2 is 2.57 bits per heavy atom. The topological polar surface area (TPSA) is 70.1 Å². The SMILES string of the molecule is Cc1c(C(N)=O)ncn1[C@H]1CC=CO1. The minimum Gasteiger partial charge on any atom is -0.478 e. The third-order valence-corrected chi connectivity index (χ3v) is 2.25. The molecule has 1 amide bonds. The van der Waals surface area contributed by atoms with Gasteiger partial charge < -0.3 is 10.5 Å². The molecule has 1 aliphatic rings. The second-order valence-corrected chi connectivity index (χ2v) is 3.15. The lowest BCUT2D eigenvalue weighted by Crippen LogP contribution is -2.14. The van der Waals surface area contributed by atoms with Crippen LogP contribution in [0.15, 0.2) is 18.7 Å². The minimum atomic E-state index is -0.507. The molecule has 0 unspecified atom stereocenters. The van der Waals surface area contributed by atoms with E-state index in [1.807, 2.05) is 6.08 Å². The van der Waals surface area contributed by atoms with Crippen molar-refractivity contribution in [2.45, 2.75) is 19.6 Å². The first-order valence-electron chi connectivity index (χ1n) is 4.34. The molecule has 1 aromatic rings. The highest BCUT2D eigenvalue weighted by molar-refractivity contribution is 5.91. The Balaban J connectivity index is 2.31. The monoisotopic (exact) mass is 193 g/mol. The molecule has 0 aromatic carbocycles. The van der Waals surface area contributed by atoms with Crippen LogP contribution in [0.4, 0.5) is 0 Å². The fourth-order valence-electron chi connectivity index (χ4n) is 1.51. The molecule has 2 heterocycles. The second kappa shape index (κ2) is 3.17. The highest BCUT2D eigenvalue weighted by Gasteiger charge is 2.19. The molecule has 1 aromatic heterocycles. The summed E-state index contributed by atoms with van der Waals surface area (Å²) in [5, 5.41) is 0. The van der Waals surface area contributed by atoms with Gasteiger partial charge >= 0.3 is 0 Å². The van der Waals surface area contributed by atoms with Gasteiger partial charge in [0.25, 0.3) is 5.91 Å². The molecule has 1 atom stereocenters. The Bertz CT molecular complexity index is 387. The van der Waals surface area contributed by atoms with Crippen LogP contribution in [-0.2, 0) is 4.74 Å². The summed E-state index contributed by atoms with van der Waals surface area (Å²) < 4.78 is 7.11. The number of hydrogen-bond donors (Lipinski definition) is 1. The van der Waals surface area contributed by atoms with Gasteiger partial charge in [0, 0.05) is 6.42 Å². The van der Waals surface area contributed by atoms with E-state index in [0.717, 1.165) is 12.1 Å². The van der Waals surface area contributed by atoms with Crippen LogP contribution in [0.2, 0.25) is 0 Å². The lowest BCUT2D eigenvalue weighted by molar-refractivity contribution is 0.0985. The number of amides is 1. The van der Waals surface area contributed by atoms with Crippen molar-refractivity contribution in [3.8, 4) is 0 Å². The summed E-state index contributed by atoms with van der Waals surface area (Å²) in [6, 6.07) is 0. The van der Waals surface area contributed by atoms with Gasteiger partial charge in [-0.25, -0.2) is 4.98 Å². The van der Waals surface area contributed by atoms with E-state index in [4.69, 9.17) is 10.5 Å². The molecular formula is C9H11N3O2. The van der Waals surface area contributed by atoms with Crippen LogP contribution in [-0.4, -0.2) is 15.5 Å². The Labute approximate surface area is 81.2 Å². The van der Waals surface area contributed by atoms with Crippen LogP contribution in [0.3, 0.4) is 0 Å². The molecule has 0 saturated heterocycles. The lowest BCUT2D eigenvalue weighted by Gasteiger charge is -2.13. The predicted octanol–water partition coefficient (Wildman–Crippen LogP) is 0.723. The number of ether oxygens (including phenoxy) is 1. The average Bonchev–Trinajstić information content (AvgIpc) is 2.71. The maximum atomic E-state index is 10.9. The van der Waals surface area contributed by atoms with Gasteiger partial charge in [0.15, 0.2) is 6.23 Å². The molecule has 0 bridgehead atoms. The van der Waals surface area contributed by atoms with E-state index in [-0.39, 0.29) is 6.23 Å². The van der Waals surface area contributed by atoms with Crippen molar-refractivity contribution >= 4 is 5.91 Å². The van der Waals surface area contributed by atoms with E-state index in [1.54, 1.807) is 24.1 Å². The van der Waals surface area contributed by atoms with E-state index in [9.17, 15) is 4.79 Å². The molecular weight excluding hydrogens is 182 g/mol. The Morgan fingerprint density at radius 3 is 3.07 bits per heavy atom. The molecule has 0 fully saturated rings. The number of imidazole rings is 1. The Morgan fingerprint density at radius 1 is 1.79 bits per heavy atom. The molecule has 0 saturated carbocycles. The van der Waals surface area contributed by atoms with Crippen molar-refractivity contribution in [2.24, 2.45) is 5.73 Å². The zero-order valence-corrected chi connectivity index (χ0v) is 7.80. The smallest absolute Gasteiger partial charge is 0.269 e. The molecule has 0 radical (unpaired) electrons. The van der Waals surface area contributed by atoms with E-state index in [0.29, 0.717) is 5.69 Å². The zero-order valence-electron chi connectivity index (χ0n) is 7.80. The fourth-order valence-corrected chi connectivity index (χ4v) is 1.51. The summed E-state index contributed by atoms with van der Waals surface area (Å²) in [4.78, 5) is 14.9. The largest absolute Gasteiger partial charge is 0.478 e. The van der Waals surface area contributed by atoms with E-state index in [2.05, 4.69) is 4.98 Å². The number of hydrogen-bond acceptors (Lipinski definition) is 3. The second-order valence-electron chi connectivity index (χ2n) is 3.15. The highest BCUT2D eigenvalue weighted by atomic mass is 16.5. The Kier molecular flexibility index (Phi) is 1.99. The van der Waals surface area contributed by atoms with Gasteiger partial charge in [-0.2, -0.15) is 0 Å². The molecule has 5 heteroatoms. The van der Waals surface area contributed by atoms with E-state index >= 15 is 0 Å². The molecule has 2 rings (SSSR count). The van der Waals surface area contributed by atoms with E-state index in [1.165, 1.54) is 0 Å². The summed E-state index contributed by atoms with van der Waals surface area (Å²) in [7, 11) is 0. The predicted molar refractivity (Wildman–Crippen MR) is 49.4 cm³/mol. The summed E-state index contributed by atoms with van der Waals surface area (Å²) in [6.07, 6.45) is 5.85. The number of primary amides is 1. The van der Waals surface area contributed by atoms with Crippen molar-refractivity contribution in [1.82, 2.24) is 9.55 Å². The zero-order chi connectivity index (χ0) is 10.1.